The van der Waals surface area contributed by atoms with Gasteiger partial charge in [-0.1, -0.05) is 11.3 Å². The minimum Gasteiger partial charge on any atom is -0.465 e. The Bertz CT molecular complexity index is 756. The van der Waals surface area contributed by atoms with Crippen molar-refractivity contribution in [2.24, 2.45) is 5.92 Å². The van der Waals surface area contributed by atoms with E-state index in [1.165, 1.54) is 12.0 Å². The molecule has 3 rings (SSSR count). The van der Waals surface area contributed by atoms with Crippen molar-refractivity contribution in [2.75, 3.05) is 24.3 Å². The maximum atomic E-state index is 12.8. The van der Waals surface area contributed by atoms with Gasteiger partial charge in [0.15, 0.2) is 5.13 Å². The van der Waals surface area contributed by atoms with Gasteiger partial charge in [-0.3, -0.25) is 9.69 Å². The van der Waals surface area contributed by atoms with Crippen LogP contribution in [0, 0.1) is 5.92 Å². The van der Waals surface area contributed by atoms with Crippen LogP contribution in [-0.4, -0.2) is 44.7 Å². The fraction of sp³-hybridized carbons (Fsp3) is 0.615. The number of nitrogens with zero attached hydrogens (tertiary/aromatic N) is 2. The van der Waals surface area contributed by atoms with Crippen LogP contribution in [0.3, 0.4) is 0 Å². The van der Waals surface area contributed by atoms with Crippen LogP contribution in [0.5, 0.6) is 0 Å². The second kappa shape index (κ2) is 5.82. The highest BCUT2D eigenvalue weighted by Gasteiger charge is 2.38. The summed E-state index contributed by atoms with van der Waals surface area (Å²) < 4.78 is 39.0. The van der Waals surface area contributed by atoms with Gasteiger partial charge in [0.05, 0.1) is 18.6 Å². The molecule has 0 aromatic carbocycles. The molecule has 2 fully saturated rings. The molecule has 7 nitrogen and oxygen atoms in total. The molecule has 1 atom stereocenters. The van der Waals surface area contributed by atoms with E-state index in [4.69, 9.17) is 4.74 Å². The lowest BCUT2D eigenvalue weighted by molar-refractivity contribution is -0.117. The summed E-state index contributed by atoms with van der Waals surface area (Å²) in [7, 11) is -3.35. The molecular formula is C13H15FN2O5S2. The van der Waals surface area contributed by atoms with Gasteiger partial charge in [-0.25, -0.2) is 9.78 Å². The third-order valence-corrected chi connectivity index (χ3v) is 5.79. The second-order valence-electron chi connectivity index (χ2n) is 5.76. The van der Waals surface area contributed by atoms with Crippen LogP contribution in [0.2, 0.25) is 0 Å². The third kappa shape index (κ3) is 3.52. The minimum absolute atomic E-state index is 0.0466. The van der Waals surface area contributed by atoms with Crippen LogP contribution in [-0.2, 0) is 19.8 Å². The van der Waals surface area contributed by atoms with Gasteiger partial charge in [0.25, 0.3) is 0 Å². The second-order valence-corrected chi connectivity index (χ2v) is 8.15. The number of rotatable bonds is 5. The van der Waals surface area contributed by atoms with Gasteiger partial charge in [-0.2, -0.15) is 8.42 Å². The molecule has 0 spiro atoms. The topological polar surface area (TPSA) is 93.6 Å². The molecule has 1 aliphatic heterocycles. The Labute approximate surface area is 136 Å². The van der Waals surface area contributed by atoms with Crippen molar-refractivity contribution in [2.45, 2.75) is 25.2 Å². The highest BCUT2D eigenvalue weighted by Crippen LogP contribution is 2.45. The number of carbonyl (C=O) groups excluding carboxylic acids is 2. The predicted octanol–water partition coefficient (Wildman–Crippen LogP) is 1.46. The van der Waals surface area contributed by atoms with Crippen molar-refractivity contribution in [3.05, 3.63) is 10.6 Å². The lowest BCUT2D eigenvalue weighted by Crippen LogP contribution is -2.25. The number of amides is 1. The van der Waals surface area contributed by atoms with Crippen molar-refractivity contribution in [1.82, 2.24) is 4.98 Å². The quantitative estimate of drug-likeness (QED) is 0.581. The summed E-state index contributed by atoms with van der Waals surface area (Å²) in [5.41, 5.74) is 0.631. The summed E-state index contributed by atoms with van der Waals surface area (Å²) in [6.45, 7) is 0.0835. The zero-order valence-electron chi connectivity index (χ0n) is 12.3. The number of aromatic nitrogens is 1. The van der Waals surface area contributed by atoms with Crippen LogP contribution < -0.4 is 4.90 Å². The number of carbonyl (C=O) groups is 2. The van der Waals surface area contributed by atoms with Crippen LogP contribution in [0.4, 0.5) is 9.02 Å². The van der Waals surface area contributed by atoms with Crippen molar-refractivity contribution < 1.29 is 26.6 Å². The monoisotopic (exact) mass is 362 g/mol. The van der Waals surface area contributed by atoms with Crippen LogP contribution >= 0.6 is 11.3 Å². The number of anilines is 1. The first-order valence-electron chi connectivity index (χ1n) is 7.10. The Morgan fingerprint density at radius 3 is 2.74 bits per heavy atom. The van der Waals surface area contributed by atoms with Gasteiger partial charge in [0.1, 0.15) is 4.88 Å². The molecular weight excluding hydrogens is 347 g/mol. The standard InChI is InChI=1S/C13H15FN2O5S2/c1-21-12(18)11-10(8-2-3-8)15-13(22-11)16-5-7(4-9(16)17)6-23(14,19)20/h7-8H,2-6H2,1H3. The maximum Gasteiger partial charge on any atom is 0.350 e. The normalized spacial score (nSPS) is 21.7. The molecule has 1 aromatic rings. The number of methoxy groups -OCH3 is 1. The highest BCUT2D eigenvalue weighted by molar-refractivity contribution is 7.86. The van der Waals surface area contributed by atoms with Gasteiger partial charge in [0.2, 0.25) is 5.91 Å². The lowest BCUT2D eigenvalue weighted by Gasteiger charge is -2.12. The fourth-order valence-electron chi connectivity index (χ4n) is 2.67. The molecule has 2 aliphatic rings. The van der Waals surface area contributed by atoms with Gasteiger partial charge in [-0.15, -0.1) is 3.89 Å². The van der Waals surface area contributed by atoms with Crippen LogP contribution in [0.15, 0.2) is 0 Å². The number of hydrogen-bond donors (Lipinski definition) is 0. The minimum atomic E-state index is -4.63. The molecule has 10 heteroatoms. The summed E-state index contributed by atoms with van der Waals surface area (Å²) in [5, 5.41) is 0.344. The molecule has 126 valence electrons. The Morgan fingerprint density at radius 2 is 2.17 bits per heavy atom. The first-order valence-corrected chi connectivity index (χ1v) is 9.47. The smallest absolute Gasteiger partial charge is 0.350 e. The first kappa shape index (κ1) is 16.3. The Hall–Kier alpha value is -1.55. The molecule has 1 saturated heterocycles. The predicted molar refractivity (Wildman–Crippen MR) is 80.8 cm³/mol. The summed E-state index contributed by atoms with van der Waals surface area (Å²) in [5.74, 6) is -1.89. The van der Waals surface area contributed by atoms with Crippen LogP contribution in [0.25, 0.3) is 0 Å². The number of ether oxygens (including phenoxy) is 1. The Kier molecular flexibility index (Phi) is 4.13. The van der Waals surface area contributed by atoms with Gasteiger partial charge >= 0.3 is 16.2 Å². The molecule has 0 bridgehead atoms. The van der Waals surface area contributed by atoms with E-state index in [-0.39, 0.29) is 24.8 Å². The fourth-order valence-corrected chi connectivity index (χ4v) is 4.55. The van der Waals surface area contributed by atoms with Crippen molar-refractivity contribution in [3.8, 4) is 0 Å². The van der Waals surface area contributed by atoms with E-state index in [0.717, 1.165) is 24.2 Å². The zero-order valence-corrected chi connectivity index (χ0v) is 14.0. The molecule has 0 N–H and O–H groups in total. The number of hydrogen-bond acceptors (Lipinski definition) is 7. The van der Waals surface area contributed by atoms with E-state index in [2.05, 4.69) is 4.98 Å². The summed E-state index contributed by atoms with van der Waals surface area (Å²) in [6.07, 6.45) is 1.82. The summed E-state index contributed by atoms with van der Waals surface area (Å²) in [4.78, 5) is 30.0. The third-order valence-electron chi connectivity index (χ3n) is 3.85. The van der Waals surface area contributed by atoms with E-state index in [1.54, 1.807) is 0 Å². The SMILES string of the molecule is COC(=O)c1sc(N2CC(CS(=O)(=O)F)CC2=O)nc1C1CC1. The van der Waals surface area contributed by atoms with Crippen LogP contribution in [0.1, 0.15) is 40.5 Å². The molecule has 1 saturated carbocycles. The van der Waals surface area contributed by atoms with E-state index >= 15 is 0 Å². The Morgan fingerprint density at radius 1 is 1.48 bits per heavy atom. The first-order chi connectivity index (χ1) is 10.8. The molecule has 23 heavy (non-hydrogen) atoms. The van der Waals surface area contributed by atoms with Gasteiger partial charge in [0, 0.05) is 24.8 Å². The van der Waals surface area contributed by atoms with Crippen molar-refractivity contribution in [3.63, 3.8) is 0 Å². The van der Waals surface area contributed by atoms with E-state index < -0.39 is 27.9 Å². The van der Waals surface area contributed by atoms with Gasteiger partial charge < -0.3 is 4.74 Å². The van der Waals surface area contributed by atoms with Crippen molar-refractivity contribution >= 4 is 38.6 Å². The molecule has 1 amide bonds. The average molecular weight is 362 g/mol. The van der Waals surface area contributed by atoms with E-state index in [0.29, 0.717) is 15.7 Å². The zero-order chi connectivity index (χ0) is 16.8. The average Bonchev–Trinajstić information content (AvgIpc) is 3.11. The Balaban J connectivity index is 1.84. The molecule has 1 aromatic heterocycles. The summed E-state index contributed by atoms with van der Waals surface area (Å²) in [6, 6.07) is 0. The molecule has 1 unspecified atom stereocenters. The summed E-state index contributed by atoms with van der Waals surface area (Å²) >= 11 is 1.06. The molecule has 0 radical (unpaired) electrons. The van der Waals surface area contributed by atoms with E-state index in [1.807, 2.05) is 0 Å². The van der Waals surface area contributed by atoms with E-state index in [9.17, 15) is 21.9 Å². The largest absolute Gasteiger partial charge is 0.465 e. The number of esters is 1. The highest BCUT2D eigenvalue weighted by atomic mass is 32.3. The maximum absolute atomic E-state index is 12.8. The van der Waals surface area contributed by atoms with Crippen molar-refractivity contribution in [1.29, 1.82) is 0 Å². The number of halogens is 1. The molecule has 2 heterocycles. The molecule has 1 aliphatic carbocycles. The number of thiazole rings is 1. The van der Waals surface area contributed by atoms with Gasteiger partial charge in [-0.05, 0) is 12.8 Å². The lowest BCUT2D eigenvalue weighted by atomic mass is 10.1.